The maximum absolute atomic E-state index is 12.1. The summed E-state index contributed by atoms with van der Waals surface area (Å²) in [7, 11) is 1.28. The number of aliphatic imine (C=N–C) groups is 1. The first-order valence-corrected chi connectivity index (χ1v) is 6.98. The van der Waals surface area contributed by atoms with E-state index in [1.807, 2.05) is 32.9 Å². The van der Waals surface area contributed by atoms with Crippen molar-refractivity contribution in [3.63, 3.8) is 0 Å². The minimum absolute atomic E-state index is 0.0390. The first kappa shape index (κ1) is 16.6. The molecule has 0 atom stereocenters. The van der Waals surface area contributed by atoms with E-state index in [1.165, 1.54) is 7.11 Å². The van der Waals surface area contributed by atoms with Crippen LogP contribution in [0.2, 0.25) is 0 Å². The Morgan fingerprint density at radius 3 is 2.45 bits per heavy atom. The number of ketones is 1. The third-order valence-electron chi connectivity index (χ3n) is 2.66. The number of carbonyl (C=O) groups is 2. The molecule has 0 amide bonds. The van der Waals surface area contributed by atoms with Crippen molar-refractivity contribution in [1.82, 2.24) is 0 Å². The number of Topliss-reactive ketones (excluding diaryl/α,β-unsaturated/α-hetero) is 1. The van der Waals surface area contributed by atoms with E-state index in [2.05, 4.69) is 20.9 Å². The molecule has 5 heteroatoms. The number of methoxy groups -OCH3 is 1. The molecule has 0 unspecified atom stereocenters. The Bertz CT molecular complexity index is 544. The monoisotopic (exact) mass is 339 g/mol. The van der Waals surface area contributed by atoms with Gasteiger partial charge in [-0.25, -0.2) is 9.79 Å². The van der Waals surface area contributed by atoms with Crippen molar-refractivity contribution in [2.45, 2.75) is 27.2 Å². The van der Waals surface area contributed by atoms with Gasteiger partial charge in [-0.05, 0) is 18.2 Å². The van der Waals surface area contributed by atoms with Crippen molar-refractivity contribution in [1.29, 1.82) is 0 Å². The summed E-state index contributed by atoms with van der Waals surface area (Å²) in [6.45, 7) is 5.43. The highest BCUT2D eigenvalue weighted by atomic mass is 79.9. The Morgan fingerprint density at radius 1 is 1.30 bits per heavy atom. The fourth-order valence-electron chi connectivity index (χ4n) is 1.39. The van der Waals surface area contributed by atoms with Crippen molar-refractivity contribution < 1.29 is 14.3 Å². The van der Waals surface area contributed by atoms with Crippen molar-refractivity contribution in [2.75, 3.05) is 7.11 Å². The fourth-order valence-corrected chi connectivity index (χ4v) is 1.78. The van der Waals surface area contributed by atoms with Crippen molar-refractivity contribution in [2.24, 2.45) is 10.4 Å². The third-order valence-corrected chi connectivity index (χ3v) is 3.15. The van der Waals surface area contributed by atoms with Gasteiger partial charge in [0.1, 0.15) is 11.5 Å². The smallest absolute Gasteiger partial charge is 0.352 e. The summed E-state index contributed by atoms with van der Waals surface area (Å²) in [5.41, 5.74) is 0.193. The van der Waals surface area contributed by atoms with Crippen LogP contribution in [0.25, 0.3) is 0 Å². The standard InChI is InChI=1S/C15H18BrNO3/c1-15(2,3)13(18)9-12(14(19)20-4)17-11-7-5-6-10(16)8-11/h5-8H,9H2,1-4H3. The molecule has 0 heterocycles. The van der Waals surface area contributed by atoms with E-state index in [4.69, 9.17) is 4.74 Å². The summed E-state index contributed by atoms with van der Waals surface area (Å²) < 4.78 is 5.55. The molecule has 1 aromatic carbocycles. The number of carbonyl (C=O) groups excluding carboxylic acids is 2. The van der Waals surface area contributed by atoms with Crippen molar-refractivity contribution in [3.05, 3.63) is 28.7 Å². The summed E-state index contributed by atoms with van der Waals surface area (Å²) >= 11 is 3.34. The SMILES string of the molecule is COC(=O)C(CC(=O)C(C)(C)C)=Nc1cccc(Br)c1. The Hall–Kier alpha value is -1.49. The summed E-state index contributed by atoms with van der Waals surface area (Å²) in [4.78, 5) is 28.0. The molecule has 108 valence electrons. The van der Waals surface area contributed by atoms with Gasteiger partial charge in [0, 0.05) is 9.89 Å². The number of esters is 1. The summed E-state index contributed by atoms with van der Waals surface area (Å²) in [6.07, 6.45) is -0.0390. The molecule has 0 bridgehead atoms. The lowest BCUT2D eigenvalue weighted by Gasteiger charge is -2.16. The van der Waals surface area contributed by atoms with Crippen LogP contribution in [0.5, 0.6) is 0 Å². The molecule has 20 heavy (non-hydrogen) atoms. The number of nitrogens with zero attached hydrogens (tertiary/aromatic N) is 1. The fraction of sp³-hybridized carbons (Fsp3) is 0.400. The lowest BCUT2D eigenvalue weighted by molar-refractivity contribution is -0.134. The van der Waals surface area contributed by atoms with Gasteiger partial charge < -0.3 is 4.74 Å². The predicted molar refractivity (Wildman–Crippen MR) is 82.3 cm³/mol. The summed E-state index contributed by atoms with van der Waals surface area (Å²) in [5, 5.41) is 0. The second-order valence-electron chi connectivity index (χ2n) is 5.38. The number of halogens is 1. The van der Waals surface area contributed by atoms with Crippen LogP contribution in [0.4, 0.5) is 5.69 Å². The van der Waals surface area contributed by atoms with Gasteiger partial charge in [0.25, 0.3) is 0 Å². The number of ether oxygens (including phenoxy) is 1. The Balaban J connectivity index is 3.07. The summed E-state index contributed by atoms with van der Waals surface area (Å²) in [6, 6.07) is 7.19. The zero-order valence-electron chi connectivity index (χ0n) is 12.1. The topological polar surface area (TPSA) is 55.7 Å². The Kier molecular flexibility index (Phi) is 5.62. The molecule has 0 aliphatic rings. The van der Waals surface area contributed by atoms with Gasteiger partial charge in [-0.3, -0.25) is 4.79 Å². The highest BCUT2D eigenvalue weighted by Gasteiger charge is 2.25. The quantitative estimate of drug-likeness (QED) is 0.620. The van der Waals surface area contributed by atoms with Crippen LogP contribution >= 0.6 is 15.9 Å². The van der Waals surface area contributed by atoms with E-state index in [1.54, 1.807) is 12.1 Å². The molecular formula is C15H18BrNO3. The number of rotatable bonds is 4. The van der Waals surface area contributed by atoms with E-state index < -0.39 is 11.4 Å². The first-order valence-electron chi connectivity index (χ1n) is 6.19. The zero-order chi connectivity index (χ0) is 15.3. The molecular weight excluding hydrogens is 322 g/mol. The van der Waals surface area contributed by atoms with Crippen LogP contribution in [0, 0.1) is 5.41 Å². The molecule has 1 rings (SSSR count). The normalized spacial score (nSPS) is 12.2. The lowest BCUT2D eigenvalue weighted by Crippen LogP contribution is -2.27. The average molecular weight is 340 g/mol. The maximum Gasteiger partial charge on any atom is 0.352 e. The predicted octanol–water partition coefficient (Wildman–Crippen LogP) is 3.70. The molecule has 0 fully saturated rings. The molecule has 0 aromatic heterocycles. The highest BCUT2D eigenvalue weighted by molar-refractivity contribution is 9.10. The zero-order valence-corrected chi connectivity index (χ0v) is 13.7. The van der Waals surface area contributed by atoms with Gasteiger partial charge in [0.15, 0.2) is 0 Å². The van der Waals surface area contributed by atoms with Crippen molar-refractivity contribution >= 4 is 39.1 Å². The Labute approximate surface area is 127 Å². The maximum atomic E-state index is 12.1. The molecule has 4 nitrogen and oxygen atoms in total. The van der Waals surface area contributed by atoms with Crippen LogP contribution in [-0.2, 0) is 14.3 Å². The minimum Gasteiger partial charge on any atom is -0.465 e. The van der Waals surface area contributed by atoms with Crippen LogP contribution in [0.15, 0.2) is 33.7 Å². The molecule has 0 radical (unpaired) electrons. The molecule has 0 N–H and O–H groups in total. The molecule has 0 spiro atoms. The minimum atomic E-state index is -0.581. The number of hydrogen-bond acceptors (Lipinski definition) is 4. The molecule has 1 aromatic rings. The first-order chi connectivity index (χ1) is 9.24. The second kappa shape index (κ2) is 6.79. The average Bonchev–Trinajstić information content (AvgIpc) is 2.35. The third kappa shape index (κ3) is 4.89. The van der Waals surface area contributed by atoms with Gasteiger partial charge in [-0.15, -0.1) is 0 Å². The van der Waals surface area contributed by atoms with E-state index in [0.29, 0.717) is 5.69 Å². The van der Waals surface area contributed by atoms with Crippen LogP contribution < -0.4 is 0 Å². The second-order valence-corrected chi connectivity index (χ2v) is 6.30. The van der Waals surface area contributed by atoms with Gasteiger partial charge in [0.05, 0.1) is 19.2 Å². The van der Waals surface area contributed by atoms with Crippen LogP contribution in [0.3, 0.4) is 0 Å². The lowest BCUT2D eigenvalue weighted by atomic mass is 9.88. The highest BCUT2D eigenvalue weighted by Crippen LogP contribution is 2.21. The van der Waals surface area contributed by atoms with Gasteiger partial charge in [0.2, 0.25) is 0 Å². The van der Waals surface area contributed by atoms with Gasteiger partial charge in [-0.1, -0.05) is 42.8 Å². The number of benzene rings is 1. The van der Waals surface area contributed by atoms with E-state index in [9.17, 15) is 9.59 Å². The molecule has 0 saturated carbocycles. The molecule has 0 aliphatic carbocycles. The molecule has 0 aliphatic heterocycles. The summed E-state index contributed by atoms with van der Waals surface area (Å²) in [5.74, 6) is -0.640. The van der Waals surface area contributed by atoms with Crippen LogP contribution in [0.1, 0.15) is 27.2 Å². The van der Waals surface area contributed by atoms with Crippen molar-refractivity contribution in [3.8, 4) is 0 Å². The van der Waals surface area contributed by atoms with Gasteiger partial charge in [-0.2, -0.15) is 0 Å². The largest absolute Gasteiger partial charge is 0.465 e. The Morgan fingerprint density at radius 2 is 1.95 bits per heavy atom. The van der Waals surface area contributed by atoms with Crippen LogP contribution in [-0.4, -0.2) is 24.6 Å². The number of hydrogen-bond donors (Lipinski definition) is 0. The van der Waals surface area contributed by atoms with E-state index in [-0.39, 0.29) is 17.9 Å². The van der Waals surface area contributed by atoms with E-state index in [0.717, 1.165) is 4.47 Å². The van der Waals surface area contributed by atoms with Gasteiger partial charge >= 0.3 is 5.97 Å². The molecule has 0 saturated heterocycles. The van der Waals surface area contributed by atoms with E-state index >= 15 is 0 Å².